The van der Waals surface area contributed by atoms with E-state index in [4.69, 9.17) is 4.74 Å². The Labute approximate surface area is 216 Å². The summed E-state index contributed by atoms with van der Waals surface area (Å²) in [6.45, 7) is 0.203. The van der Waals surface area contributed by atoms with Crippen molar-refractivity contribution in [3.05, 3.63) is 87.0 Å². The van der Waals surface area contributed by atoms with E-state index < -0.39 is 24.0 Å². The van der Waals surface area contributed by atoms with Crippen molar-refractivity contribution in [3.63, 3.8) is 0 Å². The van der Waals surface area contributed by atoms with E-state index in [1.54, 1.807) is 18.2 Å². The van der Waals surface area contributed by atoms with E-state index in [9.17, 15) is 19.5 Å². The summed E-state index contributed by atoms with van der Waals surface area (Å²) >= 11 is 2.03. The van der Waals surface area contributed by atoms with E-state index in [2.05, 4.69) is 34.9 Å². The summed E-state index contributed by atoms with van der Waals surface area (Å²) in [5.74, 6) is -1.52. The molecule has 0 bridgehead atoms. The number of rotatable bonds is 7. The van der Waals surface area contributed by atoms with Gasteiger partial charge in [0.25, 0.3) is 5.91 Å². The first-order valence-electron chi connectivity index (χ1n) is 11.4. The van der Waals surface area contributed by atoms with Crippen LogP contribution in [0.25, 0.3) is 11.1 Å². The number of carboxylic acid groups (broad SMARTS) is 1. The number of nitrogens with one attached hydrogen (secondary N) is 2. The first kappa shape index (κ1) is 23.3. The second-order valence-electron chi connectivity index (χ2n) is 8.77. The van der Waals surface area contributed by atoms with Crippen LogP contribution >= 0.6 is 22.6 Å². The van der Waals surface area contributed by atoms with Gasteiger partial charge in [-0.2, -0.15) is 0 Å². The summed E-state index contributed by atoms with van der Waals surface area (Å²) in [6, 6.07) is 20.2. The van der Waals surface area contributed by atoms with Crippen LogP contribution in [-0.2, 0) is 9.53 Å². The molecule has 2 aliphatic carbocycles. The molecule has 5 rings (SSSR count). The zero-order valence-electron chi connectivity index (χ0n) is 18.7. The molecule has 3 aromatic carbocycles. The number of carbonyl (C=O) groups excluding carboxylic acids is 2. The highest BCUT2D eigenvalue weighted by molar-refractivity contribution is 14.1. The zero-order valence-corrected chi connectivity index (χ0v) is 20.8. The smallest absolute Gasteiger partial charge is 0.411 e. The van der Waals surface area contributed by atoms with Gasteiger partial charge in [-0.1, -0.05) is 48.5 Å². The van der Waals surface area contributed by atoms with Crippen molar-refractivity contribution in [2.75, 3.05) is 11.9 Å². The van der Waals surface area contributed by atoms with Gasteiger partial charge in [0.1, 0.15) is 12.6 Å². The molecule has 3 N–H and O–H groups in total. The number of fused-ring (bicyclic) bond motifs is 3. The zero-order chi connectivity index (χ0) is 24.5. The number of ether oxygens (including phenoxy) is 1. The Morgan fingerprint density at radius 3 is 2.17 bits per heavy atom. The third-order valence-electron chi connectivity index (χ3n) is 6.46. The number of carbonyl (C=O) groups is 3. The minimum Gasteiger partial charge on any atom is -0.480 e. The molecule has 0 heterocycles. The monoisotopic (exact) mass is 582 g/mol. The van der Waals surface area contributed by atoms with E-state index >= 15 is 0 Å². The highest BCUT2D eigenvalue weighted by Crippen LogP contribution is 2.44. The predicted octanol–water partition coefficient (Wildman–Crippen LogP) is 5.25. The molecule has 2 amide bonds. The van der Waals surface area contributed by atoms with Gasteiger partial charge in [-0.15, -0.1) is 0 Å². The van der Waals surface area contributed by atoms with Gasteiger partial charge in [0.15, 0.2) is 0 Å². The lowest BCUT2D eigenvalue weighted by Crippen LogP contribution is -2.42. The molecular weight excluding hydrogens is 559 g/mol. The summed E-state index contributed by atoms with van der Waals surface area (Å²) < 4.78 is 6.23. The summed E-state index contributed by atoms with van der Waals surface area (Å²) in [6.07, 6.45) is 1.02. The van der Waals surface area contributed by atoms with Crippen LogP contribution in [0.1, 0.15) is 40.2 Å². The maximum Gasteiger partial charge on any atom is 0.411 e. The second kappa shape index (κ2) is 9.69. The Morgan fingerprint density at radius 1 is 0.971 bits per heavy atom. The maximum absolute atomic E-state index is 12.6. The van der Waals surface area contributed by atoms with Gasteiger partial charge in [0, 0.05) is 15.1 Å². The Hall–Kier alpha value is -3.40. The quantitative estimate of drug-likeness (QED) is 0.331. The predicted molar refractivity (Wildman–Crippen MR) is 139 cm³/mol. The largest absolute Gasteiger partial charge is 0.480 e. The van der Waals surface area contributed by atoms with Crippen LogP contribution in [-0.4, -0.2) is 35.7 Å². The van der Waals surface area contributed by atoms with Crippen molar-refractivity contribution in [3.8, 4) is 11.1 Å². The van der Waals surface area contributed by atoms with E-state index in [-0.39, 0.29) is 18.4 Å². The van der Waals surface area contributed by atoms with Crippen molar-refractivity contribution in [1.29, 1.82) is 0 Å². The summed E-state index contributed by atoms with van der Waals surface area (Å²) in [5, 5.41) is 14.7. The molecule has 7 nitrogen and oxygen atoms in total. The fourth-order valence-corrected chi connectivity index (χ4v) is 5.19. The highest BCUT2D eigenvalue weighted by Gasteiger charge is 2.37. The lowest BCUT2D eigenvalue weighted by Gasteiger charge is -2.16. The van der Waals surface area contributed by atoms with E-state index in [0.717, 1.165) is 35.1 Å². The molecule has 2 aliphatic rings. The lowest BCUT2D eigenvalue weighted by atomic mass is 9.98. The second-order valence-corrected chi connectivity index (χ2v) is 9.93. The number of anilines is 1. The van der Waals surface area contributed by atoms with E-state index in [1.807, 2.05) is 46.9 Å². The van der Waals surface area contributed by atoms with Crippen LogP contribution in [0.4, 0.5) is 10.5 Å². The number of aliphatic carboxylic acids is 1. The molecule has 1 unspecified atom stereocenters. The molecule has 0 aromatic heterocycles. The third-order valence-corrected chi connectivity index (χ3v) is 7.35. The Bertz CT molecular complexity index is 1270. The molecular formula is C27H23IN2O5. The van der Waals surface area contributed by atoms with Gasteiger partial charge in [0.2, 0.25) is 0 Å². The molecule has 1 atom stereocenters. The fourth-order valence-electron chi connectivity index (χ4n) is 4.54. The van der Waals surface area contributed by atoms with Crippen molar-refractivity contribution >= 4 is 46.2 Å². The van der Waals surface area contributed by atoms with Crippen LogP contribution < -0.4 is 10.6 Å². The standard InChI is InChI=1S/C27H23IN2O5/c28-22-13-16(25(31)30-24(26(32)33)15-9-10-15)11-12-23(22)29-27(34)35-14-21-19-7-3-1-5-17(19)18-6-2-4-8-20(18)21/h1-8,11-13,15,21,24H,9-10,14H2,(H,29,34)(H,30,31)(H,32,33). The van der Waals surface area contributed by atoms with E-state index in [1.165, 1.54) is 0 Å². The first-order chi connectivity index (χ1) is 16.9. The normalized spacial score (nSPS) is 15.0. The number of benzene rings is 3. The Kier molecular flexibility index (Phi) is 6.46. The lowest BCUT2D eigenvalue weighted by molar-refractivity contribution is -0.139. The number of halogens is 1. The van der Waals surface area contributed by atoms with E-state index in [0.29, 0.717) is 14.8 Å². The first-order valence-corrected chi connectivity index (χ1v) is 12.5. The summed E-state index contributed by atoms with van der Waals surface area (Å²) in [4.78, 5) is 36.5. The van der Waals surface area contributed by atoms with Crippen molar-refractivity contribution < 1.29 is 24.2 Å². The Balaban J connectivity index is 1.22. The molecule has 0 aliphatic heterocycles. The molecule has 1 fully saturated rings. The molecule has 35 heavy (non-hydrogen) atoms. The van der Waals surface area contributed by atoms with Gasteiger partial charge in [-0.05, 0) is 81.8 Å². The van der Waals surface area contributed by atoms with Gasteiger partial charge in [-0.3, -0.25) is 10.1 Å². The van der Waals surface area contributed by atoms with Crippen LogP contribution in [0.3, 0.4) is 0 Å². The van der Waals surface area contributed by atoms with Crippen LogP contribution in [0.2, 0.25) is 0 Å². The molecule has 8 heteroatoms. The number of carboxylic acids is 1. The number of hydrogen-bond acceptors (Lipinski definition) is 4. The SMILES string of the molecule is O=C(Nc1ccc(C(=O)NC(C(=O)O)C2CC2)cc1I)OCC1c2ccccc2-c2ccccc21. The molecule has 3 aromatic rings. The Morgan fingerprint density at radius 2 is 1.60 bits per heavy atom. The van der Waals surface area contributed by atoms with Gasteiger partial charge in [-0.25, -0.2) is 9.59 Å². The minimum atomic E-state index is -1.02. The number of hydrogen-bond donors (Lipinski definition) is 3. The van der Waals surface area contributed by atoms with Crippen molar-refractivity contribution in [2.45, 2.75) is 24.8 Å². The fraction of sp³-hybridized carbons (Fsp3) is 0.222. The van der Waals surface area contributed by atoms with Crippen LogP contribution in [0.5, 0.6) is 0 Å². The maximum atomic E-state index is 12.6. The van der Waals surface area contributed by atoms with Gasteiger partial charge >= 0.3 is 12.1 Å². The average Bonchev–Trinajstić information content (AvgIpc) is 3.64. The summed E-state index contributed by atoms with van der Waals surface area (Å²) in [5.41, 5.74) is 5.44. The van der Waals surface area contributed by atoms with Crippen LogP contribution in [0.15, 0.2) is 66.7 Å². The van der Waals surface area contributed by atoms with Gasteiger partial charge < -0.3 is 15.2 Å². The molecule has 1 saturated carbocycles. The van der Waals surface area contributed by atoms with Crippen molar-refractivity contribution in [2.24, 2.45) is 5.92 Å². The molecule has 0 radical (unpaired) electrons. The van der Waals surface area contributed by atoms with Crippen LogP contribution in [0, 0.1) is 9.49 Å². The number of amides is 2. The minimum absolute atomic E-state index is 0.00923. The topological polar surface area (TPSA) is 105 Å². The third kappa shape index (κ3) is 4.88. The molecule has 0 saturated heterocycles. The highest BCUT2D eigenvalue weighted by atomic mass is 127. The molecule has 178 valence electrons. The van der Waals surface area contributed by atoms with Crippen molar-refractivity contribution in [1.82, 2.24) is 5.32 Å². The summed E-state index contributed by atoms with van der Waals surface area (Å²) in [7, 11) is 0. The molecule has 0 spiro atoms. The van der Waals surface area contributed by atoms with Gasteiger partial charge in [0.05, 0.1) is 5.69 Å². The average molecular weight is 582 g/mol.